The number of rotatable bonds is 10. The van der Waals surface area contributed by atoms with Crippen LogP contribution >= 0.6 is 0 Å². The molecule has 2 aromatic carbocycles. The molecular weight excluding hydrogens is 817 g/mol. The second-order valence-electron chi connectivity index (χ2n) is 18.1. The van der Waals surface area contributed by atoms with E-state index in [1.165, 1.54) is 36.2 Å². The molecule has 0 aromatic heterocycles. The molecule has 0 spiro atoms. The number of phenolic OH excluding ortho intramolecular Hbond substituents is 1. The van der Waals surface area contributed by atoms with Crippen LogP contribution in [0.25, 0.3) is 0 Å². The largest absolute Gasteiger partial charge is 0.508 e. The van der Waals surface area contributed by atoms with Gasteiger partial charge in [0.05, 0.1) is 33.0 Å². The molecule has 5 rings (SSSR count). The van der Waals surface area contributed by atoms with Gasteiger partial charge in [-0.2, -0.15) is 0 Å². The molecular formula is C46H66N4O13. The number of likely N-dealkylation sites (tertiary alicyclic amines) is 1. The van der Waals surface area contributed by atoms with Gasteiger partial charge in [0.25, 0.3) is 11.8 Å². The molecule has 348 valence electrons. The molecule has 2 fully saturated rings. The van der Waals surface area contributed by atoms with Gasteiger partial charge in [-0.05, 0) is 72.9 Å². The summed E-state index contributed by atoms with van der Waals surface area (Å²) in [4.78, 5) is 80.6. The number of esters is 2. The smallest absolute Gasteiger partial charge is 0.328 e. The Balaban J connectivity index is 0.000000277. The fraction of sp³-hybridized carbons (Fsp3) is 0.609. The average Bonchev–Trinajstić information content (AvgIpc) is 3.88. The highest BCUT2D eigenvalue weighted by Crippen LogP contribution is 2.30. The molecule has 4 bridgehead atoms. The van der Waals surface area contributed by atoms with Crippen LogP contribution in [0, 0.1) is 10.8 Å². The van der Waals surface area contributed by atoms with Crippen LogP contribution in [-0.2, 0) is 38.1 Å². The van der Waals surface area contributed by atoms with E-state index >= 15 is 0 Å². The molecule has 0 saturated carbocycles. The first-order valence-corrected chi connectivity index (χ1v) is 21.5. The molecule has 17 heteroatoms. The number of ether oxygens (including phenoxy) is 5. The van der Waals surface area contributed by atoms with Crippen LogP contribution in [0.1, 0.15) is 101 Å². The zero-order valence-electron chi connectivity index (χ0n) is 37.8. The number of aliphatic hydroxyl groups is 1. The molecule has 17 nitrogen and oxygen atoms in total. The predicted molar refractivity (Wildman–Crippen MR) is 231 cm³/mol. The molecule has 4 N–H and O–H groups in total. The lowest BCUT2D eigenvalue weighted by atomic mass is 9.85. The van der Waals surface area contributed by atoms with Crippen molar-refractivity contribution in [2.45, 2.75) is 116 Å². The minimum absolute atomic E-state index is 0.0530. The maximum atomic E-state index is 13.6. The Morgan fingerprint density at radius 1 is 0.889 bits per heavy atom. The van der Waals surface area contributed by atoms with Crippen molar-refractivity contribution >= 4 is 35.6 Å². The number of benzene rings is 2. The standard InChI is InChI=1S/C23H34N2O7.C23H32N2O6/c1-23(2,3)19(24-20(28)15-8-7-9-16(27)12-15)21(29)25-14-17(32-11-6-5-10-26)13-18(25)22(30)31-4;1-23(2,3)19-21(27)25-14-17(13-18(25)22(28)29-4)31-11-6-5-10-30-16-9-7-8-15(12-16)20(26)24-19/h7-9,12,17-19,26-27H,5-6,10-11,13-14H2,1-4H3,(H,24,28);7-9,12,17-19H,5-6,10-11,13-14H2,1-4H3,(H,24,26)/t2*17-,18+,19-/m11/s1. The number of carbonyl (C=O) groups is 6. The number of fused-ring (bicyclic) bond motifs is 4. The summed E-state index contributed by atoms with van der Waals surface area (Å²) in [7, 11) is 2.58. The second-order valence-corrected chi connectivity index (χ2v) is 18.1. The first kappa shape index (κ1) is 50.4. The van der Waals surface area contributed by atoms with Crippen LogP contribution in [0.15, 0.2) is 48.5 Å². The summed E-state index contributed by atoms with van der Waals surface area (Å²) in [6.45, 7) is 13.1. The molecule has 2 saturated heterocycles. The van der Waals surface area contributed by atoms with Crippen molar-refractivity contribution in [1.29, 1.82) is 0 Å². The molecule has 0 aliphatic carbocycles. The van der Waals surface area contributed by atoms with Gasteiger partial charge >= 0.3 is 11.9 Å². The number of nitrogens with one attached hydrogen (secondary N) is 2. The zero-order chi connectivity index (χ0) is 46.5. The lowest BCUT2D eigenvalue weighted by molar-refractivity contribution is -0.152. The van der Waals surface area contributed by atoms with E-state index in [2.05, 4.69) is 10.6 Å². The lowest BCUT2D eigenvalue weighted by Gasteiger charge is -2.35. The number of phenols is 1. The minimum atomic E-state index is -0.919. The van der Waals surface area contributed by atoms with Gasteiger partial charge < -0.3 is 54.3 Å². The van der Waals surface area contributed by atoms with Crippen molar-refractivity contribution in [3.63, 3.8) is 0 Å². The quantitative estimate of drug-likeness (QED) is 0.198. The Labute approximate surface area is 370 Å². The van der Waals surface area contributed by atoms with E-state index in [-0.39, 0.29) is 55.0 Å². The first-order valence-electron chi connectivity index (χ1n) is 21.5. The van der Waals surface area contributed by atoms with Gasteiger partial charge in [-0.3, -0.25) is 19.2 Å². The Morgan fingerprint density at radius 2 is 1.57 bits per heavy atom. The average molecular weight is 883 g/mol. The normalized spacial score (nSPS) is 22.5. The molecule has 0 unspecified atom stereocenters. The van der Waals surface area contributed by atoms with Gasteiger partial charge in [0.2, 0.25) is 11.8 Å². The van der Waals surface area contributed by atoms with Crippen LogP contribution in [0.2, 0.25) is 0 Å². The van der Waals surface area contributed by atoms with Crippen LogP contribution in [0.5, 0.6) is 11.5 Å². The van der Waals surface area contributed by atoms with E-state index in [9.17, 15) is 33.9 Å². The summed E-state index contributed by atoms with van der Waals surface area (Å²) in [5.74, 6) is -2.04. The summed E-state index contributed by atoms with van der Waals surface area (Å²) in [6, 6.07) is 9.49. The number of aliphatic hydroxyl groups excluding tert-OH is 1. The number of hydrogen-bond acceptors (Lipinski definition) is 13. The SMILES string of the molecule is COC(=O)[C@@H]1C[C@@H](OCCCCO)CN1C(=O)[C@@H](NC(=O)c1cccc(O)c1)C(C)(C)C.COC(=O)[C@@H]1C[C@@H]2CN1C(=O)[C@H](C(C)(C)C)NC(=O)c1cccc(c1)OCCCCO2. The molecule has 2 aromatic rings. The molecule has 3 heterocycles. The van der Waals surface area contributed by atoms with E-state index in [1.54, 1.807) is 36.4 Å². The summed E-state index contributed by atoms with van der Waals surface area (Å²) in [5.41, 5.74) is -0.585. The van der Waals surface area contributed by atoms with Gasteiger partial charge in [-0.1, -0.05) is 53.7 Å². The summed E-state index contributed by atoms with van der Waals surface area (Å²) in [5, 5.41) is 24.2. The van der Waals surface area contributed by atoms with E-state index in [4.69, 9.17) is 28.8 Å². The Kier molecular flexibility index (Phi) is 18.3. The highest BCUT2D eigenvalue weighted by atomic mass is 16.5. The maximum Gasteiger partial charge on any atom is 0.328 e. The topological polar surface area (TPSA) is 220 Å². The monoisotopic (exact) mass is 882 g/mol. The van der Waals surface area contributed by atoms with Gasteiger partial charge in [-0.15, -0.1) is 0 Å². The highest BCUT2D eigenvalue weighted by Gasteiger charge is 2.47. The molecule has 3 aliphatic heterocycles. The van der Waals surface area contributed by atoms with Crippen molar-refractivity contribution in [1.82, 2.24) is 20.4 Å². The Morgan fingerprint density at radius 3 is 2.22 bits per heavy atom. The van der Waals surface area contributed by atoms with Crippen molar-refractivity contribution in [2.24, 2.45) is 10.8 Å². The second kappa shape index (κ2) is 22.9. The zero-order valence-corrected chi connectivity index (χ0v) is 37.8. The third kappa shape index (κ3) is 14.1. The van der Waals surface area contributed by atoms with Crippen molar-refractivity contribution < 1.29 is 62.7 Å². The van der Waals surface area contributed by atoms with Gasteiger partial charge in [0.1, 0.15) is 35.7 Å². The highest BCUT2D eigenvalue weighted by molar-refractivity contribution is 6.00. The summed E-state index contributed by atoms with van der Waals surface area (Å²) in [6.07, 6.45) is 2.94. The van der Waals surface area contributed by atoms with Gasteiger partial charge in [-0.25, -0.2) is 9.59 Å². The van der Waals surface area contributed by atoms with Crippen LogP contribution < -0.4 is 15.4 Å². The van der Waals surface area contributed by atoms with Crippen LogP contribution in [0.4, 0.5) is 0 Å². The van der Waals surface area contributed by atoms with Crippen molar-refractivity contribution in [3.05, 3.63) is 59.7 Å². The number of amides is 4. The molecule has 0 radical (unpaired) electrons. The van der Waals surface area contributed by atoms with Crippen molar-refractivity contribution in [3.8, 4) is 11.5 Å². The number of hydrogen-bond donors (Lipinski definition) is 4. The first-order chi connectivity index (χ1) is 29.8. The minimum Gasteiger partial charge on any atom is -0.508 e. The lowest BCUT2D eigenvalue weighted by Crippen LogP contribution is -2.57. The number of nitrogens with zero attached hydrogens (tertiary/aromatic N) is 2. The van der Waals surface area contributed by atoms with E-state index in [1.807, 2.05) is 41.5 Å². The van der Waals surface area contributed by atoms with Gasteiger partial charge in [0, 0.05) is 56.9 Å². The third-order valence-electron chi connectivity index (χ3n) is 11.1. The fourth-order valence-electron chi connectivity index (χ4n) is 7.58. The summed E-state index contributed by atoms with van der Waals surface area (Å²) >= 11 is 0. The molecule has 4 amide bonds. The third-order valence-corrected chi connectivity index (χ3v) is 11.1. The van der Waals surface area contributed by atoms with E-state index in [0.717, 1.165) is 12.8 Å². The van der Waals surface area contributed by atoms with Crippen LogP contribution in [0.3, 0.4) is 0 Å². The van der Waals surface area contributed by atoms with Crippen LogP contribution in [-0.4, -0.2) is 146 Å². The molecule has 6 atom stereocenters. The van der Waals surface area contributed by atoms with E-state index < -0.39 is 58.8 Å². The Hall–Kier alpha value is -5.26. The number of aromatic hydroxyl groups is 1. The predicted octanol–water partition coefficient (Wildman–Crippen LogP) is 3.63. The summed E-state index contributed by atoms with van der Waals surface area (Å²) < 4.78 is 27.4. The number of unbranched alkanes of at least 4 members (excludes halogenated alkanes) is 1. The van der Waals surface area contributed by atoms with Crippen molar-refractivity contribution in [2.75, 3.05) is 53.7 Å². The number of methoxy groups -OCH3 is 2. The van der Waals surface area contributed by atoms with Gasteiger partial charge in [0.15, 0.2) is 0 Å². The van der Waals surface area contributed by atoms with E-state index in [0.29, 0.717) is 56.8 Å². The molecule has 3 aliphatic rings. The molecule has 63 heavy (non-hydrogen) atoms. The number of carbonyl (C=O) groups excluding carboxylic acids is 6. The Bertz CT molecular complexity index is 1890. The fourth-order valence-corrected chi connectivity index (χ4v) is 7.58. The maximum absolute atomic E-state index is 13.6.